The Balaban J connectivity index is 2.11. The van der Waals surface area contributed by atoms with Gasteiger partial charge in [0.2, 0.25) is 5.56 Å². The van der Waals surface area contributed by atoms with E-state index in [0.29, 0.717) is 31.8 Å². The fourth-order valence-electron chi connectivity index (χ4n) is 3.00. The van der Waals surface area contributed by atoms with Gasteiger partial charge in [-0.3, -0.25) is 9.78 Å². The van der Waals surface area contributed by atoms with Crippen LogP contribution in [0.3, 0.4) is 0 Å². The lowest BCUT2D eigenvalue weighted by molar-refractivity contribution is 1.26. The van der Waals surface area contributed by atoms with Crippen LogP contribution in [0.4, 0.5) is 0 Å². The van der Waals surface area contributed by atoms with E-state index in [1.54, 1.807) is 30.5 Å². The molecule has 0 aliphatic rings. The number of halogens is 3. The summed E-state index contributed by atoms with van der Waals surface area (Å²) in [4.78, 5) is 19.6. The first-order valence-corrected chi connectivity index (χ1v) is 8.91. The van der Waals surface area contributed by atoms with Crippen LogP contribution in [-0.4, -0.2) is 9.97 Å². The van der Waals surface area contributed by atoms with Gasteiger partial charge < -0.3 is 4.98 Å². The Kier molecular flexibility index (Phi) is 4.45. The van der Waals surface area contributed by atoms with Crippen molar-refractivity contribution >= 4 is 45.7 Å². The van der Waals surface area contributed by atoms with Crippen LogP contribution < -0.4 is 5.56 Å². The van der Waals surface area contributed by atoms with Gasteiger partial charge in [-0.05, 0) is 29.8 Å². The fraction of sp³-hybridized carbons (Fsp3) is 0. The third-order valence-electron chi connectivity index (χ3n) is 4.13. The van der Waals surface area contributed by atoms with E-state index < -0.39 is 0 Å². The molecule has 0 saturated heterocycles. The summed E-state index contributed by atoms with van der Waals surface area (Å²) in [6, 6.07) is 16.0. The lowest BCUT2D eigenvalue weighted by atomic mass is 9.99. The van der Waals surface area contributed by atoms with E-state index in [2.05, 4.69) is 9.97 Å². The van der Waals surface area contributed by atoms with Crippen LogP contribution in [0, 0.1) is 0 Å². The second kappa shape index (κ2) is 6.76. The summed E-state index contributed by atoms with van der Waals surface area (Å²) in [5.74, 6) is 0. The maximum atomic E-state index is 12.3. The van der Waals surface area contributed by atoms with Crippen LogP contribution >= 0.6 is 34.8 Å². The molecule has 2 heterocycles. The van der Waals surface area contributed by atoms with Crippen molar-refractivity contribution in [3.63, 3.8) is 0 Å². The number of hydrogen-bond acceptors (Lipinski definition) is 2. The molecule has 0 saturated carbocycles. The molecule has 0 aliphatic carbocycles. The molecule has 3 nitrogen and oxygen atoms in total. The van der Waals surface area contributed by atoms with Gasteiger partial charge in [0, 0.05) is 33.8 Å². The number of hydrogen-bond donors (Lipinski definition) is 1. The Bertz CT molecular complexity index is 1180. The van der Waals surface area contributed by atoms with E-state index in [4.69, 9.17) is 34.8 Å². The number of pyridine rings is 2. The van der Waals surface area contributed by atoms with Crippen molar-refractivity contribution < 1.29 is 0 Å². The highest BCUT2D eigenvalue weighted by atomic mass is 35.5. The maximum absolute atomic E-state index is 12.3. The molecule has 2 aromatic heterocycles. The molecule has 0 aliphatic heterocycles. The van der Waals surface area contributed by atoms with E-state index in [9.17, 15) is 4.79 Å². The highest BCUT2D eigenvalue weighted by Gasteiger charge is 2.16. The summed E-state index contributed by atoms with van der Waals surface area (Å²) in [6.45, 7) is 0. The zero-order valence-corrected chi connectivity index (χ0v) is 15.5. The first-order chi connectivity index (χ1) is 12.6. The zero-order valence-electron chi connectivity index (χ0n) is 13.3. The molecule has 0 unspecified atom stereocenters. The quantitative estimate of drug-likeness (QED) is 0.433. The lowest BCUT2D eigenvalue weighted by Gasteiger charge is -2.12. The predicted octanol–water partition coefficient (Wildman–Crippen LogP) is 6.22. The molecule has 0 atom stereocenters. The molecule has 6 heteroatoms. The molecule has 0 bridgehead atoms. The Labute approximate surface area is 164 Å². The molecule has 128 valence electrons. The number of rotatable bonds is 2. The number of aromatic nitrogens is 2. The number of nitrogens with zero attached hydrogens (tertiary/aromatic N) is 1. The third kappa shape index (κ3) is 2.88. The van der Waals surface area contributed by atoms with Crippen LogP contribution in [0.25, 0.3) is 33.3 Å². The van der Waals surface area contributed by atoms with Crippen molar-refractivity contribution in [1.29, 1.82) is 0 Å². The average Bonchev–Trinajstić information content (AvgIpc) is 2.62. The number of benzene rings is 2. The minimum Gasteiger partial charge on any atom is -0.320 e. The largest absolute Gasteiger partial charge is 0.320 e. The smallest absolute Gasteiger partial charge is 0.249 e. The molecule has 4 rings (SSSR count). The molecule has 0 amide bonds. The van der Waals surface area contributed by atoms with Crippen molar-refractivity contribution in [3.8, 4) is 22.4 Å². The van der Waals surface area contributed by atoms with Gasteiger partial charge in [-0.25, -0.2) is 0 Å². The Morgan fingerprint density at radius 3 is 2.23 bits per heavy atom. The Morgan fingerprint density at radius 1 is 0.808 bits per heavy atom. The minimum atomic E-state index is -0.259. The van der Waals surface area contributed by atoms with Crippen LogP contribution in [-0.2, 0) is 0 Å². The molecule has 4 aromatic rings. The SMILES string of the molecule is O=c1cc(-c2ccccc2Cl)c2ccnc(-c3c(Cl)cccc3Cl)c2[nH]1. The van der Waals surface area contributed by atoms with Crippen LogP contribution in [0.1, 0.15) is 0 Å². The molecule has 0 radical (unpaired) electrons. The van der Waals surface area contributed by atoms with Crippen molar-refractivity contribution in [2.75, 3.05) is 0 Å². The van der Waals surface area contributed by atoms with Gasteiger partial charge in [0.15, 0.2) is 0 Å². The van der Waals surface area contributed by atoms with E-state index in [0.717, 1.165) is 16.5 Å². The Morgan fingerprint density at radius 2 is 1.50 bits per heavy atom. The first-order valence-electron chi connectivity index (χ1n) is 7.77. The summed E-state index contributed by atoms with van der Waals surface area (Å²) in [7, 11) is 0. The number of fused-ring (bicyclic) bond motifs is 1. The Hall–Kier alpha value is -2.33. The second-order valence-electron chi connectivity index (χ2n) is 5.71. The first kappa shape index (κ1) is 17.1. The third-order valence-corrected chi connectivity index (χ3v) is 5.09. The maximum Gasteiger partial charge on any atom is 0.249 e. The van der Waals surface area contributed by atoms with E-state index >= 15 is 0 Å². The summed E-state index contributed by atoms with van der Waals surface area (Å²) in [5, 5.41) is 2.29. The fourth-order valence-corrected chi connectivity index (χ4v) is 3.81. The van der Waals surface area contributed by atoms with E-state index in [1.165, 1.54) is 6.07 Å². The average molecular weight is 402 g/mol. The van der Waals surface area contributed by atoms with Crippen LogP contribution in [0.5, 0.6) is 0 Å². The normalized spacial score (nSPS) is 11.0. The summed E-state index contributed by atoms with van der Waals surface area (Å²) in [5.41, 5.74) is 2.89. The molecular formula is C20H11Cl3N2O. The van der Waals surface area contributed by atoms with Crippen molar-refractivity contribution in [2.45, 2.75) is 0 Å². The number of nitrogens with one attached hydrogen (secondary N) is 1. The van der Waals surface area contributed by atoms with Crippen molar-refractivity contribution in [1.82, 2.24) is 9.97 Å². The highest BCUT2D eigenvalue weighted by molar-refractivity contribution is 6.39. The number of aromatic amines is 1. The molecular weight excluding hydrogens is 391 g/mol. The van der Waals surface area contributed by atoms with Gasteiger partial charge in [-0.15, -0.1) is 0 Å². The lowest BCUT2D eigenvalue weighted by Crippen LogP contribution is -2.06. The highest BCUT2D eigenvalue weighted by Crippen LogP contribution is 2.38. The monoisotopic (exact) mass is 400 g/mol. The predicted molar refractivity (Wildman–Crippen MR) is 108 cm³/mol. The van der Waals surface area contributed by atoms with Gasteiger partial charge in [-0.2, -0.15) is 0 Å². The van der Waals surface area contributed by atoms with Gasteiger partial charge >= 0.3 is 0 Å². The van der Waals surface area contributed by atoms with E-state index in [-0.39, 0.29) is 5.56 Å². The molecule has 0 fully saturated rings. The number of H-pyrrole nitrogens is 1. The standard InChI is InChI=1S/C20H11Cl3N2O/c21-14-5-2-1-4-11(14)13-10-17(26)25-19-12(13)8-9-24-20(19)18-15(22)6-3-7-16(18)23/h1-10H,(H,25,26). The summed E-state index contributed by atoms with van der Waals surface area (Å²) >= 11 is 19.0. The van der Waals surface area contributed by atoms with Crippen LogP contribution in [0.15, 0.2) is 65.6 Å². The summed E-state index contributed by atoms with van der Waals surface area (Å²) < 4.78 is 0. The molecule has 1 N–H and O–H groups in total. The second-order valence-corrected chi connectivity index (χ2v) is 6.93. The molecule has 2 aromatic carbocycles. The van der Waals surface area contributed by atoms with Crippen LogP contribution in [0.2, 0.25) is 15.1 Å². The van der Waals surface area contributed by atoms with Crippen molar-refractivity contribution in [2.24, 2.45) is 0 Å². The summed E-state index contributed by atoms with van der Waals surface area (Å²) in [6.07, 6.45) is 1.66. The van der Waals surface area contributed by atoms with Gasteiger partial charge in [-0.1, -0.05) is 59.1 Å². The van der Waals surface area contributed by atoms with Gasteiger partial charge in [0.1, 0.15) is 0 Å². The van der Waals surface area contributed by atoms with Gasteiger partial charge in [0.25, 0.3) is 0 Å². The molecule has 26 heavy (non-hydrogen) atoms. The van der Waals surface area contributed by atoms with E-state index in [1.807, 2.05) is 24.3 Å². The topological polar surface area (TPSA) is 45.8 Å². The molecule has 0 spiro atoms. The van der Waals surface area contributed by atoms with Crippen molar-refractivity contribution in [3.05, 3.63) is 86.2 Å². The zero-order chi connectivity index (χ0) is 18.3. The van der Waals surface area contributed by atoms with Gasteiger partial charge in [0.05, 0.1) is 21.3 Å². The minimum absolute atomic E-state index is 0.259.